The molecule has 1 aromatic rings. The number of rotatable bonds is 3. The van der Waals surface area contributed by atoms with E-state index < -0.39 is 0 Å². The summed E-state index contributed by atoms with van der Waals surface area (Å²) in [6.07, 6.45) is 2.13. The Hall–Kier alpha value is -1.51. The Kier molecular flexibility index (Phi) is 2.90. The van der Waals surface area contributed by atoms with E-state index in [0.29, 0.717) is 0 Å². The Morgan fingerprint density at radius 1 is 1.13 bits per heavy atom. The van der Waals surface area contributed by atoms with Gasteiger partial charge in [-0.05, 0) is 25.0 Å². The molecule has 0 spiro atoms. The first-order valence-corrected chi connectivity index (χ1v) is 5.11. The number of aliphatic imine (C=N–C) groups is 1. The summed E-state index contributed by atoms with van der Waals surface area (Å²) in [5.41, 5.74) is 2.12. The molecular formula is C12H15NO2. The summed E-state index contributed by atoms with van der Waals surface area (Å²) in [5.74, 6) is 1.69. The molecule has 1 aliphatic heterocycles. The van der Waals surface area contributed by atoms with Crippen molar-refractivity contribution in [3.8, 4) is 11.5 Å². The lowest BCUT2D eigenvalue weighted by molar-refractivity contribution is 0.392. The minimum atomic E-state index is 0.843. The molecule has 0 amide bonds. The highest BCUT2D eigenvalue weighted by molar-refractivity contribution is 6.06. The van der Waals surface area contributed by atoms with Crippen LogP contribution in [0.1, 0.15) is 18.4 Å². The van der Waals surface area contributed by atoms with Crippen molar-refractivity contribution >= 4 is 5.71 Å². The molecule has 2 rings (SSSR count). The Morgan fingerprint density at radius 2 is 1.80 bits per heavy atom. The van der Waals surface area contributed by atoms with Crippen LogP contribution in [-0.2, 0) is 0 Å². The van der Waals surface area contributed by atoms with Gasteiger partial charge in [0, 0.05) is 12.3 Å². The molecule has 0 N–H and O–H groups in total. The Balaban J connectivity index is 2.49. The smallest absolute Gasteiger partial charge is 0.131 e. The summed E-state index contributed by atoms with van der Waals surface area (Å²) in [5, 5.41) is 0. The normalized spacial score (nSPS) is 14.9. The molecule has 1 heterocycles. The fourth-order valence-electron chi connectivity index (χ4n) is 1.88. The largest absolute Gasteiger partial charge is 0.496 e. The first-order valence-electron chi connectivity index (χ1n) is 5.11. The Bertz CT molecular complexity index is 363. The quantitative estimate of drug-likeness (QED) is 0.758. The summed E-state index contributed by atoms with van der Waals surface area (Å²) >= 11 is 0. The van der Waals surface area contributed by atoms with Gasteiger partial charge in [0.05, 0.1) is 19.8 Å². The van der Waals surface area contributed by atoms with Crippen LogP contribution in [0.25, 0.3) is 0 Å². The highest BCUT2D eigenvalue weighted by Gasteiger charge is 2.18. The zero-order chi connectivity index (χ0) is 10.7. The van der Waals surface area contributed by atoms with Crippen molar-refractivity contribution in [1.82, 2.24) is 0 Å². The second-order valence-corrected chi connectivity index (χ2v) is 3.47. The highest BCUT2D eigenvalue weighted by Crippen LogP contribution is 2.31. The minimum absolute atomic E-state index is 0.843. The zero-order valence-electron chi connectivity index (χ0n) is 9.12. The molecule has 80 valence electrons. The summed E-state index contributed by atoms with van der Waals surface area (Å²) in [6.45, 7) is 0.913. The third-order valence-corrected chi connectivity index (χ3v) is 2.59. The van der Waals surface area contributed by atoms with E-state index >= 15 is 0 Å². The lowest BCUT2D eigenvalue weighted by atomic mass is 10.1. The van der Waals surface area contributed by atoms with Gasteiger partial charge < -0.3 is 9.47 Å². The molecular weight excluding hydrogens is 190 g/mol. The van der Waals surface area contributed by atoms with Gasteiger partial charge in [-0.15, -0.1) is 0 Å². The molecule has 0 unspecified atom stereocenters. The van der Waals surface area contributed by atoms with Crippen LogP contribution in [-0.4, -0.2) is 26.5 Å². The van der Waals surface area contributed by atoms with Crippen molar-refractivity contribution in [3.63, 3.8) is 0 Å². The Morgan fingerprint density at radius 3 is 2.27 bits per heavy atom. The van der Waals surface area contributed by atoms with Crippen LogP contribution in [0.3, 0.4) is 0 Å². The van der Waals surface area contributed by atoms with Crippen LogP contribution in [0, 0.1) is 0 Å². The topological polar surface area (TPSA) is 30.8 Å². The summed E-state index contributed by atoms with van der Waals surface area (Å²) in [4.78, 5) is 4.48. The maximum Gasteiger partial charge on any atom is 0.131 e. The van der Waals surface area contributed by atoms with Crippen molar-refractivity contribution in [1.29, 1.82) is 0 Å². The molecule has 0 saturated carbocycles. The molecule has 0 aliphatic carbocycles. The van der Waals surface area contributed by atoms with Crippen molar-refractivity contribution in [2.75, 3.05) is 20.8 Å². The fraction of sp³-hybridized carbons (Fsp3) is 0.417. The van der Waals surface area contributed by atoms with Crippen molar-refractivity contribution < 1.29 is 9.47 Å². The summed E-state index contributed by atoms with van der Waals surface area (Å²) in [7, 11) is 3.35. The number of nitrogens with zero attached hydrogens (tertiary/aromatic N) is 1. The van der Waals surface area contributed by atoms with Crippen LogP contribution in [0.15, 0.2) is 23.2 Å². The second-order valence-electron chi connectivity index (χ2n) is 3.47. The van der Waals surface area contributed by atoms with E-state index in [0.717, 1.165) is 42.2 Å². The van der Waals surface area contributed by atoms with Crippen LogP contribution in [0.4, 0.5) is 0 Å². The fourth-order valence-corrected chi connectivity index (χ4v) is 1.88. The van der Waals surface area contributed by atoms with Gasteiger partial charge in [-0.25, -0.2) is 0 Å². The minimum Gasteiger partial charge on any atom is -0.496 e. The molecule has 0 radical (unpaired) electrons. The Labute approximate surface area is 89.7 Å². The lowest BCUT2D eigenvalue weighted by Gasteiger charge is -2.12. The monoisotopic (exact) mass is 205 g/mol. The first-order chi connectivity index (χ1) is 7.36. The molecule has 1 aliphatic rings. The molecule has 3 heteroatoms. The summed E-state index contributed by atoms with van der Waals surface area (Å²) in [6, 6.07) is 5.81. The summed E-state index contributed by atoms with van der Waals surface area (Å²) < 4.78 is 10.7. The van der Waals surface area contributed by atoms with E-state index in [9.17, 15) is 0 Å². The van der Waals surface area contributed by atoms with Crippen LogP contribution >= 0.6 is 0 Å². The van der Waals surface area contributed by atoms with E-state index in [4.69, 9.17) is 9.47 Å². The zero-order valence-corrected chi connectivity index (χ0v) is 9.12. The molecule has 1 aromatic carbocycles. The van der Waals surface area contributed by atoms with E-state index in [1.807, 2.05) is 18.2 Å². The van der Waals surface area contributed by atoms with E-state index in [1.54, 1.807) is 14.2 Å². The number of methoxy groups -OCH3 is 2. The number of benzene rings is 1. The molecule has 0 aromatic heterocycles. The predicted octanol–water partition coefficient (Wildman–Crippen LogP) is 2.29. The van der Waals surface area contributed by atoms with E-state index in [-0.39, 0.29) is 0 Å². The molecule has 15 heavy (non-hydrogen) atoms. The number of hydrogen-bond donors (Lipinski definition) is 0. The molecule has 0 fully saturated rings. The molecule has 0 saturated heterocycles. The van der Waals surface area contributed by atoms with Gasteiger partial charge in [-0.3, -0.25) is 4.99 Å². The third kappa shape index (κ3) is 1.82. The van der Waals surface area contributed by atoms with Gasteiger partial charge in [-0.1, -0.05) is 6.07 Å². The standard InChI is InChI=1S/C12H15NO2/c1-14-10-6-3-7-11(15-2)12(10)9-5-4-8-13-9/h3,6-7H,4-5,8H2,1-2H3. The van der Waals surface area contributed by atoms with E-state index in [1.165, 1.54) is 0 Å². The van der Waals surface area contributed by atoms with E-state index in [2.05, 4.69) is 4.99 Å². The van der Waals surface area contributed by atoms with Crippen LogP contribution < -0.4 is 9.47 Å². The third-order valence-electron chi connectivity index (χ3n) is 2.59. The average molecular weight is 205 g/mol. The van der Waals surface area contributed by atoms with Crippen molar-refractivity contribution in [2.45, 2.75) is 12.8 Å². The van der Waals surface area contributed by atoms with Gasteiger partial charge in [0.2, 0.25) is 0 Å². The van der Waals surface area contributed by atoms with Gasteiger partial charge >= 0.3 is 0 Å². The average Bonchev–Trinajstić information content (AvgIpc) is 2.81. The SMILES string of the molecule is COc1cccc(OC)c1C1=NCCC1. The lowest BCUT2D eigenvalue weighted by Crippen LogP contribution is -2.03. The van der Waals surface area contributed by atoms with Crippen molar-refractivity contribution in [2.24, 2.45) is 4.99 Å². The highest BCUT2D eigenvalue weighted by atomic mass is 16.5. The first kappa shape index (κ1) is 10.0. The number of ether oxygens (including phenoxy) is 2. The maximum absolute atomic E-state index is 5.34. The van der Waals surface area contributed by atoms with Crippen LogP contribution in [0.2, 0.25) is 0 Å². The van der Waals surface area contributed by atoms with Gasteiger partial charge in [0.15, 0.2) is 0 Å². The molecule has 0 bridgehead atoms. The maximum atomic E-state index is 5.34. The second kappa shape index (κ2) is 4.34. The predicted molar refractivity (Wildman–Crippen MR) is 60.2 cm³/mol. The van der Waals surface area contributed by atoms with Gasteiger partial charge in [-0.2, -0.15) is 0 Å². The van der Waals surface area contributed by atoms with Crippen LogP contribution in [0.5, 0.6) is 11.5 Å². The molecule has 3 nitrogen and oxygen atoms in total. The van der Waals surface area contributed by atoms with Crippen molar-refractivity contribution in [3.05, 3.63) is 23.8 Å². The molecule has 0 atom stereocenters. The van der Waals surface area contributed by atoms with Gasteiger partial charge in [0.1, 0.15) is 11.5 Å². The van der Waals surface area contributed by atoms with Gasteiger partial charge in [0.25, 0.3) is 0 Å². The number of hydrogen-bond acceptors (Lipinski definition) is 3.